The van der Waals surface area contributed by atoms with Gasteiger partial charge in [0.15, 0.2) is 11.6 Å². The van der Waals surface area contributed by atoms with E-state index in [2.05, 4.69) is 9.80 Å². The van der Waals surface area contributed by atoms with Crippen LogP contribution in [0.3, 0.4) is 0 Å². The van der Waals surface area contributed by atoms with E-state index >= 15 is 0 Å². The summed E-state index contributed by atoms with van der Waals surface area (Å²) in [6, 6.07) is 5.28. The third-order valence-electron chi connectivity index (χ3n) is 6.08. The first-order valence-electron chi connectivity index (χ1n) is 8.73. The SMILES string of the molecule is OCCCN1C[C@H](c2cccc(F)c2F)[C@@H]2[C@H]1C1CCN2CC1. The molecule has 1 aromatic carbocycles. The summed E-state index contributed by atoms with van der Waals surface area (Å²) in [5.41, 5.74) is 0.527. The number of halogens is 2. The summed E-state index contributed by atoms with van der Waals surface area (Å²) in [6.07, 6.45) is 3.15. The van der Waals surface area contributed by atoms with Gasteiger partial charge in [0.05, 0.1) is 0 Å². The number of likely N-dealkylation sites (tertiary alicyclic amines) is 1. The summed E-state index contributed by atoms with van der Waals surface area (Å²) in [5, 5.41) is 9.17. The van der Waals surface area contributed by atoms with E-state index in [4.69, 9.17) is 0 Å². The van der Waals surface area contributed by atoms with Gasteiger partial charge in [0.2, 0.25) is 0 Å². The minimum absolute atomic E-state index is 0.0255. The Kier molecular flexibility index (Phi) is 4.12. The molecule has 0 saturated carbocycles. The number of aliphatic hydroxyl groups is 1. The minimum Gasteiger partial charge on any atom is -0.396 e. The van der Waals surface area contributed by atoms with Gasteiger partial charge in [-0.25, -0.2) is 8.78 Å². The second kappa shape index (κ2) is 6.11. The van der Waals surface area contributed by atoms with Gasteiger partial charge in [-0.3, -0.25) is 9.80 Å². The maximum absolute atomic E-state index is 14.4. The van der Waals surface area contributed by atoms with E-state index in [0.717, 1.165) is 32.6 Å². The fraction of sp³-hybridized carbons (Fsp3) is 0.667. The fourth-order valence-electron chi connectivity index (χ4n) is 5.15. The van der Waals surface area contributed by atoms with E-state index in [1.54, 1.807) is 12.1 Å². The van der Waals surface area contributed by atoms with Gasteiger partial charge in [-0.05, 0) is 49.9 Å². The topological polar surface area (TPSA) is 26.7 Å². The third-order valence-corrected chi connectivity index (χ3v) is 6.08. The molecule has 0 spiro atoms. The largest absolute Gasteiger partial charge is 0.396 e. The lowest BCUT2D eigenvalue weighted by atomic mass is 9.75. The first kappa shape index (κ1) is 15.5. The Bertz CT molecular complexity index is 574. The molecule has 4 aliphatic rings. The van der Waals surface area contributed by atoms with Crippen LogP contribution in [0.1, 0.15) is 30.7 Å². The Morgan fingerprint density at radius 1 is 1.13 bits per heavy atom. The molecule has 4 fully saturated rings. The molecule has 5 heteroatoms. The lowest BCUT2D eigenvalue weighted by molar-refractivity contribution is -0.00777. The molecule has 0 aliphatic carbocycles. The van der Waals surface area contributed by atoms with E-state index in [0.29, 0.717) is 17.5 Å². The Balaban J connectivity index is 1.68. The van der Waals surface area contributed by atoms with Gasteiger partial charge in [-0.2, -0.15) is 0 Å². The van der Waals surface area contributed by atoms with Gasteiger partial charge in [-0.15, -0.1) is 0 Å². The molecule has 4 aliphatic heterocycles. The molecule has 0 amide bonds. The number of hydrogen-bond donors (Lipinski definition) is 1. The van der Waals surface area contributed by atoms with Crippen molar-refractivity contribution in [3.8, 4) is 0 Å². The molecule has 1 aromatic rings. The van der Waals surface area contributed by atoms with Gasteiger partial charge in [0, 0.05) is 37.7 Å². The second-order valence-electron chi connectivity index (χ2n) is 7.18. The highest BCUT2D eigenvalue weighted by Gasteiger charge is 2.53. The Labute approximate surface area is 135 Å². The predicted molar refractivity (Wildman–Crippen MR) is 84.2 cm³/mol. The fourth-order valence-corrected chi connectivity index (χ4v) is 5.15. The first-order chi connectivity index (χ1) is 11.2. The van der Waals surface area contributed by atoms with Crippen LogP contribution in [0.4, 0.5) is 8.78 Å². The van der Waals surface area contributed by atoms with Crippen LogP contribution in [0.2, 0.25) is 0 Å². The average Bonchev–Trinajstić information content (AvgIpc) is 2.98. The number of rotatable bonds is 4. The van der Waals surface area contributed by atoms with Crippen molar-refractivity contribution < 1.29 is 13.9 Å². The van der Waals surface area contributed by atoms with Crippen LogP contribution in [0.25, 0.3) is 0 Å². The van der Waals surface area contributed by atoms with Crippen molar-refractivity contribution in [3.63, 3.8) is 0 Å². The molecule has 0 aromatic heterocycles. The highest BCUT2D eigenvalue weighted by atomic mass is 19.2. The molecule has 3 nitrogen and oxygen atoms in total. The average molecular weight is 322 g/mol. The zero-order valence-corrected chi connectivity index (χ0v) is 13.3. The van der Waals surface area contributed by atoms with E-state index < -0.39 is 11.6 Å². The van der Waals surface area contributed by atoms with Gasteiger partial charge in [0.25, 0.3) is 0 Å². The number of fused-ring (bicyclic) bond motifs is 2. The highest BCUT2D eigenvalue weighted by Crippen LogP contribution is 2.47. The molecular weight excluding hydrogens is 298 g/mol. The monoisotopic (exact) mass is 322 g/mol. The van der Waals surface area contributed by atoms with Crippen LogP contribution in [0.5, 0.6) is 0 Å². The zero-order chi connectivity index (χ0) is 16.0. The van der Waals surface area contributed by atoms with Crippen molar-refractivity contribution in [2.45, 2.75) is 37.3 Å². The lowest BCUT2D eigenvalue weighted by Gasteiger charge is -2.51. The molecule has 2 bridgehead atoms. The summed E-state index contributed by atoms with van der Waals surface area (Å²) in [7, 11) is 0. The standard InChI is InChI=1S/C18H24F2N2O/c19-15-4-1-3-13(16(15)20)14-11-22(7-2-10-23)17-12-5-8-21(9-6-12)18(14)17/h1,3-4,12,14,17-18,23H,2,5-11H2/t14-,17-,18-/m1/s1. The van der Waals surface area contributed by atoms with Crippen molar-refractivity contribution in [2.24, 2.45) is 5.92 Å². The van der Waals surface area contributed by atoms with Crippen molar-refractivity contribution in [3.05, 3.63) is 35.4 Å². The molecule has 5 rings (SSSR count). The van der Waals surface area contributed by atoms with Gasteiger partial charge in [0.1, 0.15) is 0 Å². The Hall–Kier alpha value is -1.04. The van der Waals surface area contributed by atoms with Crippen molar-refractivity contribution >= 4 is 0 Å². The van der Waals surface area contributed by atoms with Crippen molar-refractivity contribution in [1.29, 1.82) is 0 Å². The van der Waals surface area contributed by atoms with E-state index in [9.17, 15) is 13.9 Å². The van der Waals surface area contributed by atoms with Crippen LogP contribution in [0.15, 0.2) is 18.2 Å². The van der Waals surface area contributed by atoms with Crippen LogP contribution < -0.4 is 0 Å². The Morgan fingerprint density at radius 3 is 2.65 bits per heavy atom. The van der Waals surface area contributed by atoms with Gasteiger partial charge >= 0.3 is 0 Å². The van der Waals surface area contributed by atoms with Crippen LogP contribution in [0, 0.1) is 17.6 Å². The Morgan fingerprint density at radius 2 is 1.91 bits per heavy atom. The van der Waals surface area contributed by atoms with Gasteiger partial charge in [-0.1, -0.05) is 12.1 Å². The van der Waals surface area contributed by atoms with E-state index in [-0.39, 0.29) is 18.6 Å². The number of hydrogen-bond acceptors (Lipinski definition) is 3. The molecular formula is C18H24F2N2O. The molecule has 4 saturated heterocycles. The second-order valence-corrected chi connectivity index (χ2v) is 7.18. The summed E-state index contributed by atoms with van der Waals surface area (Å²) in [4.78, 5) is 4.91. The molecule has 0 unspecified atom stereocenters. The van der Waals surface area contributed by atoms with Crippen LogP contribution >= 0.6 is 0 Å². The lowest BCUT2D eigenvalue weighted by Crippen LogP contribution is -2.60. The van der Waals surface area contributed by atoms with Crippen molar-refractivity contribution in [2.75, 3.05) is 32.8 Å². The molecule has 3 atom stereocenters. The van der Waals surface area contributed by atoms with E-state index in [1.165, 1.54) is 18.9 Å². The summed E-state index contributed by atoms with van der Waals surface area (Å²) in [6.45, 7) is 3.94. The third kappa shape index (κ3) is 2.49. The molecule has 4 heterocycles. The zero-order valence-electron chi connectivity index (χ0n) is 13.3. The number of benzene rings is 1. The van der Waals surface area contributed by atoms with Crippen molar-refractivity contribution in [1.82, 2.24) is 9.80 Å². The number of aliphatic hydroxyl groups excluding tert-OH is 1. The quantitative estimate of drug-likeness (QED) is 0.921. The maximum Gasteiger partial charge on any atom is 0.162 e. The summed E-state index contributed by atoms with van der Waals surface area (Å²) in [5.74, 6) is -0.741. The molecule has 0 radical (unpaired) electrons. The minimum atomic E-state index is -0.746. The summed E-state index contributed by atoms with van der Waals surface area (Å²) >= 11 is 0. The van der Waals surface area contributed by atoms with E-state index in [1.807, 2.05) is 0 Å². The molecule has 126 valence electrons. The maximum atomic E-state index is 14.4. The van der Waals surface area contributed by atoms with Crippen LogP contribution in [-0.2, 0) is 0 Å². The summed E-state index contributed by atoms with van der Waals surface area (Å²) < 4.78 is 28.1. The van der Waals surface area contributed by atoms with Gasteiger partial charge < -0.3 is 5.11 Å². The van der Waals surface area contributed by atoms with Crippen LogP contribution in [-0.4, -0.2) is 59.8 Å². The number of nitrogens with zero attached hydrogens (tertiary/aromatic N) is 2. The first-order valence-corrected chi connectivity index (χ1v) is 8.73. The molecule has 1 N–H and O–H groups in total. The highest BCUT2D eigenvalue weighted by molar-refractivity contribution is 5.29. The normalized spacial score (nSPS) is 36.4. The molecule has 23 heavy (non-hydrogen) atoms. The number of piperidine rings is 3. The smallest absolute Gasteiger partial charge is 0.162 e. The predicted octanol–water partition coefficient (Wildman–Crippen LogP) is 2.21.